The lowest BCUT2D eigenvalue weighted by molar-refractivity contribution is -0.392. The summed E-state index contributed by atoms with van der Waals surface area (Å²) in [6.45, 7) is 1.96. The number of hydrogen-bond acceptors (Lipinski definition) is 6. The molecular weight excluding hydrogens is 318 g/mol. The van der Waals surface area contributed by atoms with Crippen LogP contribution in [0.5, 0.6) is 0 Å². The summed E-state index contributed by atoms with van der Waals surface area (Å²) in [6, 6.07) is 8.42. The van der Waals surface area contributed by atoms with E-state index in [9.17, 15) is 25.0 Å². The van der Waals surface area contributed by atoms with Crippen molar-refractivity contribution in [2.75, 3.05) is 5.32 Å². The zero-order valence-electron chi connectivity index (χ0n) is 12.6. The van der Waals surface area contributed by atoms with E-state index in [2.05, 4.69) is 5.32 Å². The van der Waals surface area contributed by atoms with Gasteiger partial charge in [0.05, 0.1) is 15.4 Å². The number of benzene rings is 2. The maximum absolute atomic E-state index is 11.2. The monoisotopic (exact) mass is 331 g/mol. The van der Waals surface area contributed by atoms with E-state index in [4.69, 9.17) is 5.11 Å². The van der Waals surface area contributed by atoms with Crippen molar-refractivity contribution in [1.29, 1.82) is 0 Å². The highest BCUT2D eigenvalue weighted by atomic mass is 16.6. The topological polar surface area (TPSA) is 136 Å². The van der Waals surface area contributed by atoms with Gasteiger partial charge < -0.3 is 10.4 Å². The Labute approximate surface area is 135 Å². The summed E-state index contributed by atoms with van der Waals surface area (Å²) in [7, 11) is 0. The van der Waals surface area contributed by atoms with E-state index in [0.29, 0.717) is 5.69 Å². The third-order valence-electron chi connectivity index (χ3n) is 3.37. The quantitative estimate of drug-likeness (QED) is 0.610. The molecule has 0 aliphatic heterocycles. The molecule has 0 fully saturated rings. The van der Waals surface area contributed by atoms with Crippen LogP contribution in [0.2, 0.25) is 0 Å². The first-order valence-electron chi connectivity index (χ1n) is 6.89. The summed E-state index contributed by atoms with van der Waals surface area (Å²) in [4.78, 5) is 31.7. The molecule has 0 saturated heterocycles. The number of anilines is 2. The largest absolute Gasteiger partial charge is 0.478 e. The lowest BCUT2D eigenvalue weighted by Gasteiger charge is -2.09. The van der Waals surface area contributed by atoms with Crippen molar-refractivity contribution in [3.63, 3.8) is 0 Å². The molecule has 0 radical (unpaired) electrons. The van der Waals surface area contributed by atoms with Gasteiger partial charge in [-0.15, -0.1) is 0 Å². The van der Waals surface area contributed by atoms with Crippen LogP contribution in [0.3, 0.4) is 0 Å². The Morgan fingerprint density at radius 3 is 1.96 bits per heavy atom. The van der Waals surface area contributed by atoms with Crippen molar-refractivity contribution in [2.45, 2.75) is 13.3 Å². The van der Waals surface area contributed by atoms with Crippen LogP contribution in [0.15, 0.2) is 36.4 Å². The molecule has 2 rings (SSSR count). The van der Waals surface area contributed by atoms with Crippen molar-refractivity contribution in [1.82, 2.24) is 0 Å². The van der Waals surface area contributed by atoms with Gasteiger partial charge in [-0.05, 0) is 24.1 Å². The van der Waals surface area contributed by atoms with Gasteiger partial charge in [0.15, 0.2) is 5.69 Å². The third-order valence-corrected chi connectivity index (χ3v) is 3.37. The highest BCUT2D eigenvalue weighted by molar-refractivity contribution is 5.93. The number of nitrogens with one attached hydrogen (secondary N) is 1. The van der Waals surface area contributed by atoms with Crippen LogP contribution in [-0.4, -0.2) is 20.9 Å². The number of nitrogens with zero attached hydrogens (tertiary/aromatic N) is 2. The molecule has 24 heavy (non-hydrogen) atoms. The Kier molecular flexibility index (Phi) is 4.73. The summed E-state index contributed by atoms with van der Waals surface area (Å²) >= 11 is 0. The van der Waals surface area contributed by atoms with Crippen molar-refractivity contribution in [3.05, 3.63) is 67.8 Å². The zero-order chi connectivity index (χ0) is 17.9. The van der Waals surface area contributed by atoms with E-state index < -0.39 is 32.8 Å². The fraction of sp³-hybridized carbons (Fsp3) is 0.133. The van der Waals surface area contributed by atoms with Gasteiger partial charge in [-0.1, -0.05) is 19.1 Å². The summed E-state index contributed by atoms with van der Waals surface area (Å²) in [5, 5.41) is 34.0. The van der Waals surface area contributed by atoms with Crippen molar-refractivity contribution in [3.8, 4) is 0 Å². The molecule has 0 unspecified atom stereocenters. The van der Waals surface area contributed by atoms with E-state index in [1.165, 1.54) is 0 Å². The average molecular weight is 331 g/mol. The van der Waals surface area contributed by atoms with Gasteiger partial charge in [-0.2, -0.15) is 0 Å². The number of carboxylic acid groups (broad SMARTS) is 1. The molecule has 0 aromatic heterocycles. The van der Waals surface area contributed by atoms with Crippen LogP contribution in [0.25, 0.3) is 0 Å². The number of nitro benzene ring substituents is 2. The fourth-order valence-electron chi connectivity index (χ4n) is 2.12. The van der Waals surface area contributed by atoms with E-state index in [0.717, 1.165) is 24.1 Å². The first-order valence-corrected chi connectivity index (χ1v) is 6.89. The van der Waals surface area contributed by atoms with Gasteiger partial charge in [0.25, 0.3) is 0 Å². The predicted octanol–water partition coefficient (Wildman–Crippen LogP) is 3.51. The Morgan fingerprint density at radius 1 is 1.08 bits per heavy atom. The van der Waals surface area contributed by atoms with Gasteiger partial charge in [0, 0.05) is 17.8 Å². The molecule has 9 heteroatoms. The number of carbonyl (C=O) groups is 1. The SMILES string of the molecule is CCc1ccc(Nc2c([N+](=O)[O-])cc(C(=O)O)cc2[N+](=O)[O-])cc1. The third kappa shape index (κ3) is 3.46. The zero-order valence-corrected chi connectivity index (χ0v) is 12.6. The Morgan fingerprint density at radius 2 is 1.58 bits per heavy atom. The summed E-state index contributed by atoms with van der Waals surface area (Å²) in [6.07, 6.45) is 0.799. The van der Waals surface area contributed by atoms with Crippen LogP contribution in [0, 0.1) is 20.2 Å². The second-order valence-corrected chi connectivity index (χ2v) is 4.88. The van der Waals surface area contributed by atoms with Gasteiger partial charge >= 0.3 is 17.3 Å². The van der Waals surface area contributed by atoms with Crippen LogP contribution in [0.4, 0.5) is 22.7 Å². The normalized spacial score (nSPS) is 10.2. The van der Waals surface area contributed by atoms with E-state index in [-0.39, 0.29) is 5.69 Å². The molecule has 2 aromatic carbocycles. The maximum atomic E-state index is 11.2. The Balaban J connectivity index is 2.58. The first-order chi connectivity index (χ1) is 11.3. The standard InChI is InChI=1S/C15H13N3O6/c1-2-9-3-5-11(6-4-9)16-14-12(17(21)22)7-10(15(19)20)8-13(14)18(23)24/h3-8,16H,2H2,1H3,(H,19,20). The molecule has 9 nitrogen and oxygen atoms in total. The molecule has 2 aromatic rings. The molecule has 0 amide bonds. The van der Waals surface area contributed by atoms with Crippen LogP contribution < -0.4 is 5.32 Å². The van der Waals surface area contributed by atoms with Gasteiger partial charge in [-0.3, -0.25) is 20.2 Å². The second kappa shape index (κ2) is 6.73. The average Bonchev–Trinajstić information content (AvgIpc) is 2.54. The number of aromatic carboxylic acids is 1. The Hall–Kier alpha value is -3.49. The molecule has 0 heterocycles. The molecule has 124 valence electrons. The number of carboxylic acids is 1. The molecule has 0 aliphatic rings. The number of rotatable bonds is 6. The fourth-order valence-corrected chi connectivity index (χ4v) is 2.12. The number of aryl methyl sites for hydroxylation is 1. The van der Waals surface area contributed by atoms with Gasteiger partial charge in [0.1, 0.15) is 0 Å². The number of nitro groups is 2. The van der Waals surface area contributed by atoms with Gasteiger partial charge in [0.2, 0.25) is 0 Å². The minimum atomic E-state index is -1.49. The van der Waals surface area contributed by atoms with Gasteiger partial charge in [-0.25, -0.2) is 4.79 Å². The minimum absolute atomic E-state index is 0.362. The molecule has 0 saturated carbocycles. The van der Waals surface area contributed by atoms with E-state index in [1.54, 1.807) is 24.3 Å². The Bertz CT molecular complexity index is 781. The molecule has 0 atom stereocenters. The van der Waals surface area contributed by atoms with E-state index >= 15 is 0 Å². The van der Waals surface area contributed by atoms with Crippen molar-refractivity contribution >= 4 is 28.7 Å². The lowest BCUT2D eigenvalue weighted by Crippen LogP contribution is -2.06. The van der Waals surface area contributed by atoms with E-state index in [1.807, 2.05) is 6.92 Å². The lowest BCUT2D eigenvalue weighted by atomic mass is 10.1. The highest BCUT2D eigenvalue weighted by Gasteiger charge is 2.28. The second-order valence-electron chi connectivity index (χ2n) is 4.88. The molecular formula is C15H13N3O6. The predicted molar refractivity (Wildman–Crippen MR) is 85.8 cm³/mol. The highest BCUT2D eigenvalue weighted by Crippen LogP contribution is 2.37. The smallest absolute Gasteiger partial charge is 0.336 e. The van der Waals surface area contributed by atoms with Crippen LogP contribution >= 0.6 is 0 Å². The molecule has 0 spiro atoms. The first kappa shape index (κ1) is 16.9. The maximum Gasteiger partial charge on any atom is 0.336 e. The van der Waals surface area contributed by atoms with Crippen molar-refractivity contribution < 1.29 is 19.7 Å². The summed E-state index contributed by atoms with van der Waals surface area (Å²) < 4.78 is 0. The summed E-state index contributed by atoms with van der Waals surface area (Å²) in [5.74, 6) is -1.49. The minimum Gasteiger partial charge on any atom is -0.478 e. The van der Waals surface area contributed by atoms with Crippen LogP contribution in [0.1, 0.15) is 22.8 Å². The van der Waals surface area contributed by atoms with Crippen LogP contribution in [-0.2, 0) is 6.42 Å². The number of hydrogen-bond donors (Lipinski definition) is 2. The molecule has 0 bridgehead atoms. The molecule has 0 aliphatic carbocycles. The summed E-state index contributed by atoms with van der Waals surface area (Å²) in [5.41, 5.74) is -0.797. The van der Waals surface area contributed by atoms with Crippen molar-refractivity contribution in [2.24, 2.45) is 0 Å². The molecule has 2 N–H and O–H groups in total.